The molecule has 1 aromatic carbocycles. The molecular weight excluding hydrogens is 334 g/mol. The lowest BCUT2D eigenvalue weighted by Crippen LogP contribution is -2.11. The summed E-state index contributed by atoms with van der Waals surface area (Å²) in [6.45, 7) is 2.13. The standard InChI is InChI=1S/C19H27N3O2S/c1-3-15-9-11-17(12-10-15)22-18(13-14-25(2,23)24)20-19(21-22)16-7-5-4-6-8-16/h9-12,16H,3-8,13-14H2,1-2H3. The maximum Gasteiger partial charge on any atom is 0.154 e. The fourth-order valence-corrected chi connectivity index (χ4v) is 3.97. The van der Waals surface area contributed by atoms with Crippen molar-refractivity contribution < 1.29 is 8.42 Å². The lowest BCUT2D eigenvalue weighted by molar-refractivity contribution is 0.428. The third kappa shape index (κ3) is 4.69. The van der Waals surface area contributed by atoms with Gasteiger partial charge in [-0.3, -0.25) is 0 Å². The van der Waals surface area contributed by atoms with Crippen molar-refractivity contribution in [2.45, 2.75) is 57.8 Å². The Hall–Kier alpha value is -1.69. The molecule has 1 aliphatic carbocycles. The van der Waals surface area contributed by atoms with Crippen molar-refractivity contribution in [3.63, 3.8) is 0 Å². The van der Waals surface area contributed by atoms with Gasteiger partial charge >= 0.3 is 0 Å². The van der Waals surface area contributed by atoms with Crippen molar-refractivity contribution in [1.82, 2.24) is 14.8 Å². The van der Waals surface area contributed by atoms with Crippen molar-refractivity contribution in [3.8, 4) is 5.69 Å². The highest BCUT2D eigenvalue weighted by atomic mass is 32.2. The Bertz CT molecular complexity index is 804. The molecule has 0 N–H and O–H groups in total. The zero-order valence-electron chi connectivity index (χ0n) is 15.1. The first-order valence-electron chi connectivity index (χ1n) is 9.19. The molecule has 0 aliphatic heterocycles. The van der Waals surface area contributed by atoms with Gasteiger partial charge in [0.25, 0.3) is 0 Å². The van der Waals surface area contributed by atoms with E-state index in [-0.39, 0.29) is 5.75 Å². The molecule has 3 rings (SSSR count). The smallest absolute Gasteiger partial charge is 0.154 e. The predicted octanol–water partition coefficient (Wildman–Crippen LogP) is 3.46. The Kier molecular flexibility index (Phi) is 5.57. The van der Waals surface area contributed by atoms with Gasteiger partial charge in [0.2, 0.25) is 0 Å². The molecule has 1 heterocycles. The minimum Gasteiger partial charge on any atom is -0.229 e. The molecule has 0 spiro atoms. The van der Waals surface area contributed by atoms with Gasteiger partial charge in [0.15, 0.2) is 5.82 Å². The monoisotopic (exact) mass is 361 g/mol. The summed E-state index contributed by atoms with van der Waals surface area (Å²) < 4.78 is 25.0. The van der Waals surface area contributed by atoms with Crippen LogP contribution in [0.4, 0.5) is 0 Å². The van der Waals surface area contributed by atoms with Crippen molar-refractivity contribution in [3.05, 3.63) is 41.5 Å². The van der Waals surface area contributed by atoms with Crippen LogP contribution in [0.5, 0.6) is 0 Å². The number of aryl methyl sites for hydroxylation is 2. The predicted molar refractivity (Wildman–Crippen MR) is 100.0 cm³/mol. The molecule has 1 aliphatic rings. The molecule has 6 heteroatoms. The van der Waals surface area contributed by atoms with Crippen molar-refractivity contribution in [2.24, 2.45) is 0 Å². The van der Waals surface area contributed by atoms with E-state index in [1.165, 1.54) is 31.1 Å². The van der Waals surface area contributed by atoms with Gasteiger partial charge in [-0.15, -0.1) is 0 Å². The van der Waals surface area contributed by atoms with E-state index >= 15 is 0 Å². The van der Waals surface area contributed by atoms with E-state index in [0.717, 1.165) is 36.6 Å². The molecule has 2 aromatic rings. The van der Waals surface area contributed by atoms with Gasteiger partial charge in [-0.1, -0.05) is 38.3 Å². The highest BCUT2D eigenvalue weighted by molar-refractivity contribution is 7.90. The summed E-state index contributed by atoms with van der Waals surface area (Å²) in [5.74, 6) is 2.13. The van der Waals surface area contributed by atoms with E-state index in [1.54, 1.807) is 0 Å². The quantitative estimate of drug-likeness (QED) is 0.790. The normalized spacial score (nSPS) is 16.2. The first-order valence-corrected chi connectivity index (χ1v) is 11.2. The van der Waals surface area contributed by atoms with Crippen LogP contribution in [-0.4, -0.2) is 35.2 Å². The zero-order valence-corrected chi connectivity index (χ0v) is 15.9. The maximum absolute atomic E-state index is 11.6. The molecule has 1 fully saturated rings. The minimum atomic E-state index is -3.03. The molecule has 25 heavy (non-hydrogen) atoms. The summed E-state index contributed by atoms with van der Waals surface area (Å²) in [5, 5.41) is 4.77. The number of nitrogens with zero attached hydrogens (tertiary/aromatic N) is 3. The molecule has 0 unspecified atom stereocenters. The number of benzene rings is 1. The summed E-state index contributed by atoms with van der Waals surface area (Å²) >= 11 is 0. The number of sulfone groups is 1. The topological polar surface area (TPSA) is 64.8 Å². The van der Waals surface area contributed by atoms with E-state index in [4.69, 9.17) is 10.1 Å². The molecule has 0 bridgehead atoms. The van der Waals surface area contributed by atoms with Crippen LogP contribution in [0.1, 0.15) is 62.2 Å². The Balaban J connectivity index is 1.93. The molecule has 0 saturated heterocycles. The Morgan fingerprint density at radius 2 is 1.80 bits per heavy atom. The molecule has 1 saturated carbocycles. The van der Waals surface area contributed by atoms with Gasteiger partial charge in [-0.2, -0.15) is 5.10 Å². The first kappa shape index (κ1) is 18.1. The second-order valence-electron chi connectivity index (χ2n) is 7.03. The zero-order chi connectivity index (χ0) is 17.9. The van der Waals surface area contributed by atoms with E-state index in [9.17, 15) is 8.42 Å². The number of hydrogen-bond acceptors (Lipinski definition) is 4. The van der Waals surface area contributed by atoms with E-state index in [0.29, 0.717) is 12.3 Å². The first-order chi connectivity index (χ1) is 12.0. The fraction of sp³-hybridized carbons (Fsp3) is 0.579. The summed E-state index contributed by atoms with van der Waals surface area (Å²) in [6, 6.07) is 8.28. The molecule has 0 amide bonds. The third-order valence-electron chi connectivity index (χ3n) is 4.95. The van der Waals surface area contributed by atoms with Gasteiger partial charge in [0, 0.05) is 18.6 Å². The van der Waals surface area contributed by atoms with Crippen LogP contribution in [0.2, 0.25) is 0 Å². The van der Waals surface area contributed by atoms with Gasteiger partial charge in [0.1, 0.15) is 15.7 Å². The molecule has 1 aromatic heterocycles. The van der Waals surface area contributed by atoms with Crippen molar-refractivity contribution >= 4 is 9.84 Å². The largest absolute Gasteiger partial charge is 0.229 e. The molecular formula is C19H27N3O2S. The van der Waals surface area contributed by atoms with Crippen LogP contribution in [0, 0.1) is 0 Å². The Labute approximate surface area is 150 Å². The minimum absolute atomic E-state index is 0.100. The van der Waals surface area contributed by atoms with E-state index in [2.05, 4.69) is 19.1 Å². The SMILES string of the molecule is CCc1ccc(-n2nc(C3CCCCC3)nc2CCS(C)(=O)=O)cc1. The Morgan fingerprint density at radius 1 is 1.12 bits per heavy atom. The second-order valence-corrected chi connectivity index (χ2v) is 9.29. The molecule has 136 valence electrons. The van der Waals surface area contributed by atoms with Crippen molar-refractivity contribution in [2.75, 3.05) is 12.0 Å². The van der Waals surface area contributed by atoms with Gasteiger partial charge < -0.3 is 0 Å². The van der Waals surface area contributed by atoms with Crippen LogP contribution < -0.4 is 0 Å². The van der Waals surface area contributed by atoms with Crippen LogP contribution in [-0.2, 0) is 22.7 Å². The second kappa shape index (κ2) is 7.68. The lowest BCUT2D eigenvalue weighted by atomic mass is 9.89. The molecule has 5 nitrogen and oxygen atoms in total. The number of rotatable bonds is 6. The summed E-state index contributed by atoms with van der Waals surface area (Å²) in [5.41, 5.74) is 2.23. The van der Waals surface area contributed by atoms with Gasteiger partial charge in [0.05, 0.1) is 11.4 Å². The third-order valence-corrected chi connectivity index (χ3v) is 5.89. The number of aromatic nitrogens is 3. The lowest BCUT2D eigenvalue weighted by Gasteiger charge is -2.18. The molecule has 0 radical (unpaired) electrons. The Morgan fingerprint density at radius 3 is 2.40 bits per heavy atom. The summed E-state index contributed by atoms with van der Waals surface area (Å²) in [7, 11) is -3.03. The van der Waals surface area contributed by atoms with E-state index in [1.807, 2.05) is 16.8 Å². The number of hydrogen-bond donors (Lipinski definition) is 0. The van der Waals surface area contributed by atoms with Crippen LogP contribution in [0.15, 0.2) is 24.3 Å². The van der Waals surface area contributed by atoms with Gasteiger partial charge in [-0.25, -0.2) is 18.1 Å². The average Bonchev–Trinajstić information content (AvgIpc) is 3.04. The average molecular weight is 362 g/mol. The molecule has 0 atom stereocenters. The highest BCUT2D eigenvalue weighted by Gasteiger charge is 2.22. The highest BCUT2D eigenvalue weighted by Crippen LogP contribution is 2.31. The van der Waals surface area contributed by atoms with Crippen LogP contribution in [0.3, 0.4) is 0 Å². The van der Waals surface area contributed by atoms with Crippen molar-refractivity contribution in [1.29, 1.82) is 0 Å². The van der Waals surface area contributed by atoms with Gasteiger partial charge in [-0.05, 0) is 37.0 Å². The maximum atomic E-state index is 11.6. The summed E-state index contributed by atoms with van der Waals surface area (Å²) in [4.78, 5) is 4.74. The fourth-order valence-electron chi connectivity index (χ4n) is 3.41. The van der Waals surface area contributed by atoms with Crippen LogP contribution >= 0.6 is 0 Å². The summed E-state index contributed by atoms with van der Waals surface area (Å²) in [6.07, 6.45) is 8.66. The van der Waals surface area contributed by atoms with E-state index < -0.39 is 9.84 Å². The van der Waals surface area contributed by atoms with Crippen LogP contribution in [0.25, 0.3) is 5.69 Å².